The van der Waals surface area contributed by atoms with Crippen LogP contribution in [0.3, 0.4) is 0 Å². The average molecular weight is 408 g/mol. The number of urea groups is 1. The summed E-state index contributed by atoms with van der Waals surface area (Å²) in [5, 5.41) is 19.6. The van der Waals surface area contributed by atoms with Crippen LogP contribution in [0.25, 0.3) is 10.9 Å². The van der Waals surface area contributed by atoms with Crippen molar-refractivity contribution in [3.05, 3.63) is 64.2 Å². The van der Waals surface area contributed by atoms with Crippen LogP contribution in [0.1, 0.15) is 23.1 Å². The van der Waals surface area contributed by atoms with Gasteiger partial charge < -0.3 is 16.0 Å². The van der Waals surface area contributed by atoms with Gasteiger partial charge in [-0.3, -0.25) is 0 Å². The minimum absolute atomic E-state index is 0.314. The van der Waals surface area contributed by atoms with Gasteiger partial charge in [-0.25, -0.2) is 9.78 Å². The van der Waals surface area contributed by atoms with Gasteiger partial charge in [0, 0.05) is 18.5 Å². The SMILES string of the molecule is Cc1ccc2cc(C#N)c(NCCCNC(=O)Nc3ccccc3Cl)nc2c1C. The minimum Gasteiger partial charge on any atom is -0.369 e. The number of benzene rings is 2. The topological polar surface area (TPSA) is 89.8 Å². The summed E-state index contributed by atoms with van der Waals surface area (Å²) in [6, 6.07) is 14.8. The van der Waals surface area contributed by atoms with Gasteiger partial charge >= 0.3 is 6.03 Å². The number of rotatable bonds is 6. The summed E-state index contributed by atoms with van der Waals surface area (Å²) in [5.41, 5.74) is 4.23. The van der Waals surface area contributed by atoms with E-state index in [2.05, 4.69) is 27.0 Å². The monoisotopic (exact) mass is 407 g/mol. The maximum Gasteiger partial charge on any atom is 0.319 e. The van der Waals surface area contributed by atoms with Gasteiger partial charge in [0.05, 0.1) is 21.8 Å². The number of nitrogens with zero attached hydrogens (tertiary/aromatic N) is 2. The van der Waals surface area contributed by atoms with Gasteiger partial charge in [0.2, 0.25) is 0 Å². The lowest BCUT2D eigenvalue weighted by Crippen LogP contribution is -2.30. The van der Waals surface area contributed by atoms with Crippen molar-refractivity contribution >= 4 is 40.0 Å². The predicted octanol–water partition coefficient (Wildman–Crippen LogP) is 5.00. The number of fused-ring (bicyclic) bond motifs is 1. The van der Waals surface area contributed by atoms with E-state index < -0.39 is 0 Å². The van der Waals surface area contributed by atoms with Gasteiger partial charge in [0.15, 0.2) is 0 Å². The highest BCUT2D eigenvalue weighted by Gasteiger charge is 2.09. The van der Waals surface area contributed by atoms with E-state index >= 15 is 0 Å². The van der Waals surface area contributed by atoms with Gasteiger partial charge in [-0.1, -0.05) is 35.9 Å². The third-order valence-corrected chi connectivity index (χ3v) is 5.02. The van der Waals surface area contributed by atoms with Crippen molar-refractivity contribution in [2.75, 3.05) is 23.7 Å². The zero-order valence-corrected chi connectivity index (χ0v) is 17.1. The molecule has 0 spiro atoms. The number of carbonyl (C=O) groups excluding carboxylic acids is 1. The third-order valence-electron chi connectivity index (χ3n) is 4.69. The van der Waals surface area contributed by atoms with Crippen molar-refractivity contribution in [3.63, 3.8) is 0 Å². The number of nitriles is 1. The fourth-order valence-electron chi connectivity index (χ4n) is 2.93. The van der Waals surface area contributed by atoms with Crippen LogP contribution in [0.2, 0.25) is 5.02 Å². The van der Waals surface area contributed by atoms with Gasteiger partial charge in [-0.2, -0.15) is 5.26 Å². The van der Waals surface area contributed by atoms with Crippen LogP contribution in [-0.2, 0) is 0 Å². The molecular weight excluding hydrogens is 386 g/mol. The third kappa shape index (κ3) is 4.95. The fourth-order valence-corrected chi connectivity index (χ4v) is 3.11. The number of nitrogens with one attached hydrogen (secondary N) is 3. The summed E-state index contributed by atoms with van der Waals surface area (Å²) in [5.74, 6) is 0.564. The lowest BCUT2D eigenvalue weighted by atomic mass is 10.0. The molecule has 3 rings (SSSR count). The van der Waals surface area contributed by atoms with Gasteiger partial charge in [-0.05, 0) is 49.6 Å². The van der Waals surface area contributed by atoms with Crippen LogP contribution in [0, 0.1) is 25.2 Å². The summed E-state index contributed by atoms with van der Waals surface area (Å²) < 4.78 is 0. The summed E-state index contributed by atoms with van der Waals surface area (Å²) >= 11 is 6.02. The molecule has 0 aliphatic carbocycles. The summed E-state index contributed by atoms with van der Waals surface area (Å²) in [7, 11) is 0. The Kier molecular flexibility index (Phi) is 6.53. The molecule has 1 aromatic heterocycles. The molecule has 0 saturated heterocycles. The van der Waals surface area contributed by atoms with Crippen LogP contribution in [0.15, 0.2) is 42.5 Å². The Morgan fingerprint density at radius 1 is 1.17 bits per heavy atom. The number of aryl methyl sites for hydroxylation is 2. The molecule has 2 aromatic carbocycles. The standard InChI is InChI=1S/C22H22ClN5O/c1-14-8-9-16-12-17(13-24)21(28-20(16)15(14)2)25-10-5-11-26-22(29)27-19-7-4-3-6-18(19)23/h3-4,6-9,12H,5,10-11H2,1-2H3,(H,25,28)(H2,26,27,29). The number of pyridine rings is 1. The number of halogens is 1. The van der Waals surface area contributed by atoms with Crippen molar-refractivity contribution < 1.29 is 4.79 Å². The number of para-hydroxylation sites is 1. The number of amides is 2. The Labute approximate surface area is 174 Å². The molecule has 2 amide bonds. The number of hydrogen-bond acceptors (Lipinski definition) is 4. The van der Waals surface area contributed by atoms with Crippen LogP contribution >= 0.6 is 11.6 Å². The van der Waals surface area contributed by atoms with E-state index in [0.29, 0.717) is 41.6 Å². The lowest BCUT2D eigenvalue weighted by molar-refractivity contribution is 0.252. The van der Waals surface area contributed by atoms with E-state index in [9.17, 15) is 10.1 Å². The maximum atomic E-state index is 12.0. The molecule has 0 atom stereocenters. The first-order valence-electron chi connectivity index (χ1n) is 9.34. The van der Waals surface area contributed by atoms with Crippen molar-refractivity contribution in [3.8, 4) is 6.07 Å². The lowest BCUT2D eigenvalue weighted by Gasteiger charge is -2.12. The summed E-state index contributed by atoms with van der Waals surface area (Å²) in [6.07, 6.45) is 0.674. The number of aromatic nitrogens is 1. The molecule has 6 nitrogen and oxygen atoms in total. The van der Waals surface area contributed by atoms with Gasteiger partial charge in [0.1, 0.15) is 11.9 Å². The predicted molar refractivity (Wildman–Crippen MR) is 118 cm³/mol. The van der Waals surface area contributed by atoms with E-state index in [1.807, 2.05) is 32.0 Å². The zero-order chi connectivity index (χ0) is 20.8. The summed E-state index contributed by atoms with van der Waals surface area (Å²) in [6.45, 7) is 5.12. The van der Waals surface area contributed by atoms with Crippen molar-refractivity contribution in [1.29, 1.82) is 5.26 Å². The number of hydrogen-bond donors (Lipinski definition) is 3. The van der Waals surface area contributed by atoms with E-state index in [0.717, 1.165) is 22.0 Å². The van der Waals surface area contributed by atoms with Crippen molar-refractivity contribution in [2.45, 2.75) is 20.3 Å². The highest BCUT2D eigenvalue weighted by molar-refractivity contribution is 6.33. The number of anilines is 2. The molecule has 7 heteroatoms. The molecule has 0 bridgehead atoms. The molecule has 0 fully saturated rings. The van der Waals surface area contributed by atoms with Crippen LogP contribution in [0.4, 0.5) is 16.3 Å². The summed E-state index contributed by atoms with van der Waals surface area (Å²) in [4.78, 5) is 16.6. The minimum atomic E-state index is -0.314. The molecular formula is C22H22ClN5O. The Morgan fingerprint density at radius 2 is 1.97 bits per heavy atom. The zero-order valence-electron chi connectivity index (χ0n) is 16.3. The maximum absolute atomic E-state index is 12.0. The second kappa shape index (κ2) is 9.26. The van der Waals surface area contributed by atoms with Gasteiger partial charge in [0.25, 0.3) is 0 Å². The molecule has 0 saturated carbocycles. The second-order valence-electron chi connectivity index (χ2n) is 6.72. The molecule has 3 N–H and O–H groups in total. The molecule has 29 heavy (non-hydrogen) atoms. The van der Waals surface area contributed by atoms with Crippen LogP contribution in [-0.4, -0.2) is 24.1 Å². The van der Waals surface area contributed by atoms with Crippen molar-refractivity contribution in [2.24, 2.45) is 0 Å². The highest BCUT2D eigenvalue weighted by Crippen LogP contribution is 2.24. The quantitative estimate of drug-likeness (QED) is 0.501. The molecule has 0 aliphatic rings. The number of carbonyl (C=O) groups is 1. The van der Waals surface area contributed by atoms with E-state index in [4.69, 9.17) is 11.6 Å². The van der Waals surface area contributed by atoms with E-state index in [1.54, 1.807) is 24.3 Å². The Hall–Kier alpha value is -3.30. The molecule has 0 unspecified atom stereocenters. The first-order valence-corrected chi connectivity index (χ1v) is 9.71. The second-order valence-corrected chi connectivity index (χ2v) is 7.12. The fraction of sp³-hybridized carbons (Fsp3) is 0.227. The Morgan fingerprint density at radius 3 is 2.72 bits per heavy atom. The Bertz CT molecular complexity index is 1090. The van der Waals surface area contributed by atoms with E-state index in [1.165, 1.54) is 0 Å². The highest BCUT2D eigenvalue weighted by atomic mass is 35.5. The van der Waals surface area contributed by atoms with Crippen molar-refractivity contribution in [1.82, 2.24) is 10.3 Å². The van der Waals surface area contributed by atoms with Gasteiger partial charge in [-0.15, -0.1) is 0 Å². The molecule has 0 radical (unpaired) electrons. The molecule has 1 heterocycles. The smallest absolute Gasteiger partial charge is 0.319 e. The van der Waals surface area contributed by atoms with E-state index in [-0.39, 0.29) is 6.03 Å². The first-order chi connectivity index (χ1) is 14.0. The molecule has 3 aromatic rings. The largest absolute Gasteiger partial charge is 0.369 e. The Balaban J connectivity index is 1.54. The van der Waals surface area contributed by atoms with Crippen LogP contribution < -0.4 is 16.0 Å². The average Bonchev–Trinajstić information content (AvgIpc) is 2.72. The molecule has 148 valence electrons. The van der Waals surface area contributed by atoms with Crippen LogP contribution in [0.5, 0.6) is 0 Å². The normalized spacial score (nSPS) is 10.4. The molecule has 0 aliphatic heterocycles. The first kappa shape index (κ1) is 20.4.